The molecule has 1 aromatic rings. The van der Waals surface area contributed by atoms with E-state index in [-0.39, 0.29) is 11.8 Å². The number of hydrogen-bond acceptors (Lipinski definition) is 5. The minimum atomic E-state index is -0.891. The van der Waals surface area contributed by atoms with Gasteiger partial charge < -0.3 is 9.84 Å². The van der Waals surface area contributed by atoms with Crippen molar-refractivity contribution in [2.45, 2.75) is 59.6 Å². The van der Waals surface area contributed by atoms with E-state index in [9.17, 15) is 4.79 Å². The molecule has 0 aliphatic rings. The van der Waals surface area contributed by atoms with E-state index in [1.54, 1.807) is 4.68 Å². The van der Waals surface area contributed by atoms with Gasteiger partial charge in [0.25, 0.3) is 0 Å². The van der Waals surface area contributed by atoms with Crippen molar-refractivity contribution in [1.82, 2.24) is 20.2 Å². The number of aromatic nitrogens is 4. The minimum Gasteiger partial charge on any atom is -0.481 e. The molecule has 2 atom stereocenters. The van der Waals surface area contributed by atoms with Crippen LogP contribution >= 0.6 is 0 Å². The highest BCUT2D eigenvalue weighted by Crippen LogP contribution is 2.25. The summed E-state index contributed by atoms with van der Waals surface area (Å²) in [6.45, 7) is 9.16. The van der Waals surface area contributed by atoms with Gasteiger partial charge in [0.05, 0.1) is 19.1 Å². The summed E-state index contributed by atoms with van der Waals surface area (Å²) < 4.78 is 6.83. The third-order valence-corrected chi connectivity index (χ3v) is 3.21. The summed E-state index contributed by atoms with van der Waals surface area (Å²) in [6, 6.07) is 0. The van der Waals surface area contributed by atoms with Crippen molar-refractivity contribution in [1.29, 1.82) is 0 Å². The summed E-state index contributed by atoms with van der Waals surface area (Å²) in [7, 11) is 1.50. The number of methoxy groups -OCH3 is 1. The molecule has 0 aliphatic carbocycles. The van der Waals surface area contributed by atoms with Gasteiger partial charge in [-0.1, -0.05) is 27.7 Å². The van der Waals surface area contributed by atoms with Gasteiger partial charge in [0, 0.05) is 13.5 Å². The second-order valence-corrected chi connectivity index (χ2v) is 6.81. The van der Waals surface area contributed by atoms with Crippen LogP contribution < -0.4 is 0 Å². The van der Waals surface area contributed by atoms with Crippen LogP contribution in [0.2, 0.25) is 0 Å². The lowest BCUT2D eigenvalue weighted by Gasteiger charge is -2.23. The largest absolute Gasteiger partial charge is 0.481 e. The quantitative estimate of drug-likeness (QED) is 0.786. The maximum atomic E-state index is 10.8. The number of carboxylic acid groups (broad SMARTS) is 1. The van der Waals surface area contributed by atoms with Crippen molar-refractivity contribution in [2.24, 2.45) is 11.3 Å². The molecule has 0 fully saturated rings. The molecule has 2 unspecified atom stereocenters. The predicted molar refractivity (Wildman–Crippen MR) is 77.8 cm³/mol. The van der Waals surface area contributed by atoms with Gasteiger partial charge in [0.1, 0.15) is 0 Å². The molecule has 1 aromatic heterocycles. The van der Waals surface area contributed by atoms with Crippen LogP contribution in [-0.2, 0) is 22.5 Å². The molecular weight excluding hydrogens is 272 g/mol. The topological polar surface area (TPSA) is 90.1 Å². The lowest BCUT2D eigenvalue weighted by molar-refractivity contribution is -0.140. The molecule has 0 amide bonds. The van der Waals surface area contributed by atoms with Crippen molar-refractivity contribution in [3.05, 3.63) is 5.82 Å². The third-order valence-electron chi connectivity index (χ3n) is 3.21. The van der Waals surface area contributed by atoms with Gasteiger partial charge in [-0.25, -0.2) is 4.68 Å². The summed E-state index contributed by atoms with van der Waals surface area (Å²) in [5, 5.41) is 20.5. The molecule has 21 heavy (non-hydrogen) atoms. The van der Waals surface area contributed by atoms with E-state index in [2.05, 4.69) is 43.2 Å². The number of rotatable bonds is 8. The van der Waals surface area contributed by atoms with Crippen molar-refractivity contribution in [3.8, 4) is 0 Å². The molecule has 7 nitrogen and oxygen atoms in total. The van der Waals surface area contributed by atoms with Crippen molar-refractivity contribution >= 4 is 5.97 Å². The Morgan fingerprint density at radius 2 is 2.10 bits per heavy atom. The average Bonchev–Trinajstić information content (AvgIpc) is 2.72. The predicted octanol–water partition coefficient (Wildman–Crippen LogP) is 1.78. The molecule has 0 saturated carbocycles. The Bertz CT molecular complexity index is 453. The second-order valence-electron chi connectivity index (χ2n) is 6.81. The molecule has 7 heteroatoms. The summed E-state index contributed by atoms with van der Waals surface area (Å²) >= 11 is 0. The maximum absolute atomic E-state index is 10.8. The molecule has 0 aromatic carbocycles. The summed E-state index contributed by atoms with van der Waals surface area (Å²) in [5.41, 5.74) is 0.260. The lowest BCUT2D eigenvalue weighted by atomic mass is 9.84. The SMILES string of the molecule is COC(CC(=O)O)Cn1nnnc1CC(C)CC(C)(C)C. The van der Waals surface area contributed by atoms with E-state index in [1.807, 2.05) is 0 Å². The van der Waals surface area contributed by atoms with E-state index < -0.39 is 12.1 Å². The van der Waals surface area contributed by atoms with Gasteiger partial charge in [-0.15, -0.1) is 5.10 Å². The molecule has 1 N–H and O–H groups in total. The monoisotopic (exact) mass is 298 g/mol. The molecule has 1 heterocycles. The number of hydrogen-bond donors (Lipinski definition) is 1. The Labute approximate surface area is 125 Å². The van der Waals surface area contributed by atoms with E-state index >= 15 is 0 Å². The fraction of sp³-hybridized carbons (Fsp3) is 0.857. The van der Waals surface area contributed by atoms with Crippen LogP contribution in [-0.4, -0.2) is 44.5 Å². The van der Waals surface area contributed by atoms with E-state index in [1.165, 1.54) is 7.11 Å². The molecule has 120 valence electrons. The van der Waals surface area contributed by atoms with Gasteiger partial charge in [0.2, 0.25) is 0 Å². The average molecular weight is 298 g/mol. The van der Waals surface area contributed by atoms with E-state index in [0.717, 1.165) is 18.7 Å². The van der Waals surface area contributed by atoms with E-state index in [4.69, 9.17) is 9.84 Å². The molecular formula is C14H26N4O3. The van der Waals surface area contributed by atoms with Gasteiger partial charge in [-0.3, -0.25) is 4.79 Å². The zero-order chi connectivity index (χ0) is 16.0. The summed E-state index contributed by atoms with van der Waals surface area (Å²) in [4.78, 5) is 10.8. The summed E-state index contributed by atoms with van der Waals surface area (Å²) in [5.74, 6) is 0.340. The Morgan fingerprint density at radius 1 is 1.43 bits per heavy atom. The van der Waals surface area contributed by atoms with E-state index in [0.29, 0.717) is 12.5 Å². The number of aliphatic carboxylic acids is 1. The highest BCUT2D eigenvalue weighted by atomic mass is 16.5. The van der Waals surface area contributed by atoms with Gasteiger partial charge in [0.15, 0.2) is 5.82 Å². The standard InChI is InChI=1S/C14H26N4O3/c1-10(8-14(2,3)4)6-12-15-16-17-18(12)9-11(21-5)7-13(19)20/h10-11H,6-9H2,1-5H3,(H,19,20). The Balaban J connectivity index is 2.66. The number of ether oxygens (including phenoxy) is 1. The molecule has 0 aliphatic heterocycles. The highest BCUT2D eigenvalue weighted by molar-refractivity contribution is 5.67. The lowest BCUT2D eigenvalue weighted by Crippen LogP contribution is -2.25. The Hall–Kier alpha value is -1.50. The van der Waals surface area contributed by atoms with Crippen LogP contribution in [0.4, 0.5) is 0 Å². The fourth-order valence-corrected chi connectivity index (χ4v) is 2.55. The normalized spacial score (nSPS) is 14.9. The molecule has 1 rings (SSSR count). The van der Waals surface area contributed by atoms with Crippen molar-refractivity contribution in [3.63, 3.8) is 0 Å². The first-order chi connectivity index (χ1) is 9.71. The second kappa shape index (κ2) is 7.49. The van der Waals surface area contributed by atoms with Crippen LogP contribution in [0.25, 0.3) is 0 Å². The Morgan fingerprint density at radius 3 is 2.62 bits per heavy atom. The van der Waals surface area contributed by atoms with Gasteiger partial charge >= 0.3 is 5.97 Å². The van der Waals surface area contributed by atoms with Crippen LogP contribution in [0.5, 0.6) is 0 Å². The maximum Gasteiger partial charge on any atom is 0.306 e. The van der Waals surface area contributed by atoms with Crippen molar-refractivity contribution < 1.29 is 14.6 Å². The first kappa shape index (κ1) is 17.6. The molecule has 0 radical (unpaired) electrons. The minimum absolute atomic E-state index is 0.0622. The Kier molecular flexibility index (Phi) is 6.26. The van der Waals surface area contributed by atoms with Gasteiger partial charge in [-0.05, 0) is 28.2 Å². The number of carboxylic acids is 1. The fourth-order valence-electron chi connectivity index (χ4n) is 2.55. The van der Waals surface area contributed by atoms with Crippen LogP contribution in [0.1, 0.15) is 46.4 Å². The highest BCUT2D eigenvalue weighted by Gasteiger charge is 2.20. The zero-order valence-electron chi connectivity index (χ0n) is 13.5. The molecule has 0 bridgehead atoms. The molecule has 0 saturated heterocycles. The number of carbonyl (C=O) groups is 1. The van der Waals surface area contributed by atoms with Crippen LogP contribution in [0.15, 0.2) is 0 Å². The third kappa shape index (κ3) is 6.66. The summed E-state index contributed by atoms with van der Waals surface area (Å²) in [6.07, 6.45) is 1.35. The smallest absolute Gasteiger partial charge is 0.306 e. The van der Waals surface area contributed by atoms with Crippen LogP contribution in [0.3, 0.4) is 0 Å². The number of nitrogens with zero attached hydrogens (tertiary/aromatic N) is 4. The van der Waals surface area contributed by atoms with Gasteiger partial charge in [-0.2, -0.15) is 0 Å². The first-order valence-electron chi connectivity index (χ1n) is 7.21. The number of tetrazole rings is 1. The zero-order valence-corrected chi connectivity index (χ0v) is 13.5. The first-order valence-corrected chi connectivity index (χ1v) is 7.21. The van der Waals surface area contributed by atoms with Crippen molar-refractivity contribution in [2.75, 3.05) is 7.11 Å². The van der Waals surface area contributed by atoms with Crippen LogP contribution in [0, 0.1) is 11.3 Å². The molecule has 0 spiro atoms.